The van der Waals surface area contributed by atoms with Crippen molar-refractivity contribution in [1.29, 1.82) is 0 Å². The number of urea groups is 1. The number of amides is 2. The van der Waals surface area contributed by atoms with Crippen LogP contribution >= 0.6 is 27.3 Å². The Hall–Kier alpha value is -1.57. The monoisotopic (exact) mass is 437 g/mol. The number of hydrogen-bond donors (Lipinski definition) is 2. The van der Waals surface area contributed by atoms with Crippen LogP contribution < -0.4 is 10.2 Å². The molecule has 140 valence electrons. The predicted octanol–water partition coefficient (Wildman–Crippen LogP) is 3.54. The molecular formula is C19H24BrN3O2S. The van der Waals surface area contributed by atoms with Crippen molar-refractivity contribution in [1.82, 2.24) is 10.2 Å². The van der Waals surface area contributed by atoms with Gasteiger partial charge in [0.15, 0.2) is 0 Å². The van der Waals surface area contributed by atoms with Crippen molar-refractivity contribution in [3.8, 4) is 0 Å². The summed E-state index contributed by atoms with van der Waals surface area (Å²) in [5.41, 5.74) is 2.31. The van der Waals surface area contributed by atoms with E-state index < -0.39 is 0 Å². The summed E-state index contributed by atoms with van der Waals surface area (Å²) in [6, 6.07) is 10.2. The minimum atomic E-state index is -0.105. The fraction of sp³-hybridized carbons (Fsp3) is 0.421. The van der Waals surface area contributed by atoms with Gasteiger partial charge in [-0.2, -0.15) is 11.3 Å². The summed E-state index contributed by atoms with van der Waals surface area (Å²) in [5.74, 6) is 0.440. The van der Waals surface area contributed by atoms with Gasteiger partial charge in [0.05, 0.1) is 6.61 Å². The molecule has 2 heterocycles. The maximum absolute atomic E-state index is 12.5. The molecule has 0 bridgehead atoms. The van der Waals surface area contributed by atoms with E-state index >= 15 is 0 Å². The van der Waals surface area contributed by atoms with E-state index in [0.29, 0.717) is 25.6 Å². The highest BCUT2D eigenvalue weighted by atomic mass is 79.9. The minimum absolute atomic E-state index is 0.0301. The summed E-state index contributed by atoms with van der Waals surface area (Å²) in [6.07, 6.45) is 1.07. The summed E-state index contributed by atoms with van der Waals surface area (Å²) in [4.78, 5) is 16.5. The third-order valence-corrected chi connectivity index (χ3v) is 5.84. The van der Waals surface area contributed by atoms with Gasteiger partial charge in [-0.1, -0.05) is 22.0 Å². The molecule has 0 saturated carbocycles. The molecule has 1 aromatic carbocycles. The van der Waals surface area contributed by atoms with Gasteiger partial charge >= 0.3 is 6.03 Å². The molecule has 1 saturated heterocycles. The molecule has 1 aliphatic heterocycles. The smallest absolute Gasteiger partial charge is 0.317 e. The Balaban J connectivity index is 1.49. The third-order valence-electron chi connectivity index (χ3n) is 4.61. The van der Waals surface area contributed by atoms with Crippen molar-refractivity contribution in [2.75, 3.05) is 37.7 Å². The molecule has 2 amide bonds. The van der Waals surface area contributed by atoms with Gasteiger partial charge in [0.25, 0.3) is 0 Å². The fourth-order valence-corrected chi connectivity index (χ4v) is 4.27. The molecule has 1 atom stereocenters. The quantitative estimate of drug-likeness (QED) is 0.696. The highest BCUT2D eigenvalue weighted by Gasteiger charge is 2.24. The Morgan fingerprint density at radius 3 is 3.04 bits per heavy atom. The van der Waals surface area contributed by atoms with Crippen molar-refractivity contribution in [3.05, 3.63) is 51.1 Å². The van der Waals surface area contributed by atoms with Crippen LogP contribution in [0.5, 0.6) is 0 Å². The number of hydrogen-bond acceptors (Lipinski definition) is 4. The summed E-state index contributed by atoms with van der Waals surface area (Å²) < 4.78 is 1.08. The molecule has 1 aromatic heterocycles. The molecule has 7 heteroatoms. The van der Waals surface area contributed by atoms with Gasteiger partial charge < -0.3 is 20.2 Å². The Morgan fingerprint density at radius 2 is 2.31 bits per heavy atom. The van der Waals surface area contributed by atoms with Gasteiger partial charge in [-0.15, -0.1) is 0 Å². The van der Waals surface area contributed by atoms with Gasteiger partial charge in [-0.3, -0.25) is 0 Å². The molecule has 26 heavy (non-hydrogen) atoms. The van der Waals surface area contributed by atoms with E-state index in [4.69, 9.17) is 0 Å². The minimum Gasteiger partial charge on any atom is -0.395 e. The lowest BCUT2D eigenvalue weighted by Gasteiger charge is -2.23. The number of aliphatic hydroxyl groups is 1. The lowest BCUT2D eigenvalue weighted by atomic mass is 10.1. The highest BCUT2D eigenvalue weighted by Crippen LogP contribution is 2.26. The number of thiophene rings is 1. The second-order valence-electron chi connectivity index (χ2n) is 6.54. The van der Waals surface area contributed by atoms with Crippen LogP contribution in [0.3, 0.4) is 0 Å². The molecule has 1 aliphatic rings. The van der Waals surface area contributed by atoms with Crippen molar-refractivity contribution < 1.29 is 9.90 Å². The summed E-state index contributed by atoms with van der Waals surface area (Å²) in [6.45, 7) is 3.46. The predicted molar refractivity (Wildman–Crippen MR) is 110 cm³/mol. The van der Waals surface area contributed by atoms with Crippen molar-refractivity contribution >= 4 is 39.0 Å². The molecule has 1 fully saturated rings. The van der Waals surface area contributed by atoms with Crippen molar-refractivity contribution in [2.45, 2.75) is 13.0 Å². The topological polar surface area (TPSA) is 55.8 Å². The maximum Gasteiger partial charge on any atom is 0.317 e. The molecule has 1 unspecified atom stereocenters. The number of rotatable bonds is 7. The number of carbonyl (C=O) groups is 1. The average Bonchev–Trinajstić information content (AvgIpc) is 3.31. The molecule has 5 nitrogen and oxygen atoms in total. The molecule has 0 radical (unpaired) electrons. The van der Waals surface area contributed by atoms with E-state index in [9.17, 15) is 9.90 Å². The van der Waals surface area contributed by atoms with Crippen LogP contribution in [0.1, 0.15) is 12.0 Å². The maximum atomic E-state index is 12.5. The lowest BCUT2D eigenvalue weighted by molar-refractivity contribution is 0.173. The van der Waals surface area contributed by atoms with Crippen LogP contribution in [0.2, 0.25) is 0 Å². The molecule has 2 aromatic rings. The van der Waals surface area contributed by atoms with Crippen LogP contribution in [-0.2, 0) is 6.54 Å². The number of aliphatic hydroxyl groups excluding tert-OH is 1. The number of benzene rings is 1. The number of anilines is 1. The zero-order chi connectivity index (χ0) is 18.4. The molecular weight excluding hydrogens is 414 g/mol. The van der Waals surface area contributed by atoms with E-state index in [1.807, 2.05) is 29.0 Å². The van der Waals surface area contributed by atoms with Crippen LogP contribution in [-0.4, -0.2) is 48.8 Å². The second-order valence-corrected chi connectivity index (χ2v) is 8.24. The Kier molecular flexibility index (Phi) is 6.93. The summed E-state index contributed by atoms with van der Waals surface area (Å²) in [7, 11) is 0. The van der Waals surface area contributed by atoms with Gasteiger partial charge in [0.1, 0.15) is 0 Å². The first-order valence-corrected chi connectivity index (χ1v) is 10.5. The van der Waals surface area contributed by atoms with Crippen molar-refractivity contribution in [3.63, 3.8) is 0 Å². The van der Waals surface area contributed by atoms with Crippen LogP contribution in [0, 0.1) is 5.92 Å². The van der Waals surface area contributed by atoms with E-state index in [-0.39, 0.29) is 12.6 Å². The zero-order valence-electron chi connectivity index (χ0n) is 14.6. The lowest BCUT2D eigenvalue weighted by Crippen LogP contribution is -2.43. The molecule has 3 rings (SSSR count). The largest absolute Gasteiger partial charge is 0.395 e. The standard InChI is InChI=1S/C19H24BrN3O2S/c20-17-2-1-3-18(10-17)22-6-4-15(12-22)11-21-19(25)23(7-8-24)13-16-5-9-26-14-16/h1-3,5,9-10,14-15,24H,4,6-8,11-13H2,(H,21,25). The van der Waals surface area contributed by atoms with E-state index in [1.165, 1.54) is 5.69 Å². The average molecular weight is 438 g/mol. The summed E-state index contributed by atoms with van der Waals surface area (Å²) >= 11 is 5.13. The third kappa shape index (κ3) is 5.22. The Labute approximate surface area is 166 Å². The molecule has 0 spiro atoms. The SMILES string of the molecule is O=C(NCC1CCN(c2cccc(Br)c2)C1)N(CCO)Cc1ccsc1. The van der Waals surface area contributed by atoms with Gasteiger partial charge in [0.2, 0.25) is 0 Å². The van der Waals surface area contributed by atoms with Gasteiger partial charge in [-0.25, -0.2) is 4.79 Å². The van der Waals surface area contributed by atoms with E-state index in [1.54, 1.807) is 16.2 Å². The summed E-state index contributed by atoms with van der Waals surface area (Å²) in [5, 5.41) is 16.3. The van der Waals surface area contributed by atoms with Crippen LogP contribution in [0.25, 0.3) is 0 Å². The molecule has 2 N–H and O–H groups in total. The van der Waals surface area contributed by atoms with Crippen LogP contribution in [0.4, 0.5) is 10.5 Å². The number of nitrogens with zero attached hydrogens (tertiary/aromatic N) is 2. The van der Waals surface area contributed by atoms with E-state index in [0.717, 1.165) is 29.5 Å². The zero-order valence-corrected chi connectivity index (χ0v) is 17.0. The Bertz CT molecular complexity index is 711. The first-order chi connectivity index (χ1) is 12.7. The van der Waals surface area contributed by atoms with Gasteiger partial charge in [-0.05, 0) is 52.9 Å². The first-order valence-electron chi connectivity index (χ1n) is 8.81. The van der Waals surface area contributed by atoms with Gasteiger partial charge in [0, 0.05) is 42.9 Å². The Morgan fingerprint density at radius 1 is 1.42 bits per heavy atom. The van der Waals surface area contributed by atoms with Crippen molar-refractivity contribution in [2.24, 2.45) is 5.92 Å². The normalized spacial score (nSPS) is 16.7. The molecule has 0 aliphatic carbocycles. The second kappa shape index (κ2) is 9.39. The van der Waals surface area contributed by atoms with Crippen LogP contribution in [0.15, 0.2) is 45.6 Å². The first kappa shape index (κ1) is 19.2. The number of nitrogens with one attached hydrogen (secondary N) is 1. The number of carbonyl (C=O) groups excluding carboxylic acids is 1. The highest BCUT2D eigenvalue weighted by molar-refractivity contribution is 9.10. The van der Waals surface area contributed by atoms with E-state index in [2.05, 4.69) is 38.3 Å². The fourth-order valence-electron chi connectivity index (χ4n) is 3.23. The number of halogens is 1.